The summed E-state index contributed by atoms with van der Waals surface area (Å²) >= 11 is 0. The number of aryl methyl sites for hydroxylation is 2. The van der Waals surface area contributed by atoms with Crippen molar-refractivity contribution in [3.05, 3.63) is 65.0 Å². The lowest BCUT2D eigenvalue weighted by atomic mass is 9.95. The van der Waals surface area contributed by atoms with E-state index in [1.165, 1.54) is 24.3 Å². The first-order valence-electron chi connectivity index (χ1n) is 9.46. The van der Waals surface area contributed by atoms with E-state index in [0.717, 1.165) is 11.1 Å². The molecule has 0 aromatic heterocycles. The molecule has 7 heteroatoms. The Hall–Kier alpha value is -2.93. The molecule has 2 N–H and O–H groups in total. The zero-order valence-electron chi connectivity index (χ0n) is 16.6. The molecule has 1 aliphatic rings. The van der Waals surface area contributed by atoms with E-state index in [2.05, 4.69) is 0 Å². The van der Waals surface area contributed by atoms with E-state index in [9.17, 15) is 14.0 Å². The molecule has 2 amide bonds. The number of carbonyl (C=O) groups is 2. The van der Waals surface area contributed by atoms with Crippen LogP contribution in [0.2, 0.25) is 0 Å². The van der Waals surface area contributed by atoms with Crippen molar-refractivity contribution in [2.75, 3.05) is 26.3 Å². The maximum atomic E-state index is 13.2. The molecule has 3 rings (SSSR count). The number of rotatable bonds is 6. The van der Waals surface area contributed by atoms with Crippen molar-refractivity contribution in [1.82, 2.24) is 4.90 Å². The van der Waals surface area contributed by atoms with Gasteiger partial charge in [0, 0.05) is 12.1 Å². The Balaban J connectivity index is 1.80. The van der Waals surface area contributed by atoms with Crippen LogP contribution in [0.5, 0.6) is 5.75 Å². The zero-order valence-corrected chi connectivity index (χ0v) is 16.6. The number of carbonyl (C=O) groups excluding carboxylic acids is 2. The van der Waals surface area contributed by atoms with Crippen molar-refractivity contribution in [3.63, 3.8) is 0 Å². The maximum absolute atomic E-state index is 13.2. The summed E-state index contributed by atoms with van der Waals surface area (Å²) in [6.07, 6.45) is -0.0925. The lowest BCUT2D eigenvalue weighted by Gasteiger charge is -2.42. The Morgan fingerprint density at radius 1 is 1.17 bits per heavy atom. The monoisotopic (exact) mass is 400 g/mol. The summed E-state index contributed by atoms with van der Waals surface area (Å²) in [6, 6.07) is 11.3. The molecular weight excluding hydrogens is 375 g/mol. The third-order valence-electron chi connectivity index (χ3n) is 5.04. The number of halogens is 1. The van der Waals surface area contributed by atoms with Gasteiger partial charge in [0.15, 0.2) is 0 Å². The topological polar surface area (TPSA) is 81.9 Å². The van der Waals surface area contributed by atoms with Gasteiger partial charge in [-0.15, -0.1) is 0 Å². The van der Waals surface area contributed by atoms with Crippen molar-refractivity contribution >= 4 is 11.8 Å². The molecule has 1 atom stereocenters. The van der Waals surface area contributed by atoms with Crippen LogP contribution in [-0.2, 0) is 9.53 Å². The molecule has 2 aromatic rings. The van der Waals surface area contributed by atoms with Crippen LogP contribution in [0.3, 0.4) is 0 Å². The summed E-state index contributed by atoms with van der Waals surface area (Å²) in [5, 5.41) is 0. The first-order chi connectivity index (χ1) is 13.8. The van der Waals surface area contributed by atoms with Gasteiger partial charge in [0.1, 0.15) is 23.8 Å². The number of ether oxygens (including phenoxy) is 2. The molecule has 2 aromatic carbocycles. The summed E-state index contributed by atoms with van der Waals surface area (Å²) < 4.78 is 24.8. The molecule has 0 radical (unpaired) electrons. The minimum Gasteiger partial charge on any atom is -0.490 e. The van der Waals surface area contributed by atoms with E-state index in [1.807, 2.05) is 32.0 Å². The minimum atomic E-state index is -1.06. The van der Waals surface area contributed by atoms with Crippen LogP contribution in [0, 0.1) is 19.7 Å². The zero-order chi connectivity index (χ0) is 21.0. The van der Waals surface area contributed by atoms with Crippen molar-refractivity contribution in [2.24, 2.45) is 5.73 Å². The van der Waals surface area contributed by atoms with Gasteiger partial charge >= 0.3 is 0 Å². The van der Waals surface area contributed by atoms with Gasteiger partial charge in [-0.3, -0.25) is 9.59 Å². The van der Waals surface area contributed by atoms with E-state index >= 15 is 0 Å². The van der Waals surface area contributed by atoms with Gasteiger partial charge in [0.05, 0.1) is 19.6 Å². The first-order valence-corrected chi connectivity index (χ1v) is 9.46. The van der Waals surface area contributed by atoms with Crippen molar-refractivity contribution in [2.45, 2.75) is 25.9 Å². The van der Waals surface area contributed by atoms with Gasteiger partial charge < -0.3 is 20.1 Å². The van der Waals surface area contributed by atoms with Crippen LogP contribution in [-0.4, -0.2) is 48.6 Å². The summed E-state index contributed by atoms with van der Waals surface area (Å²) in [5.74, 6) is -0.589. The van der Waals surface area contributed by atoms with Crippen molar-refractivity contribution in [3.8, 4) is 5.75 Å². The molecule has 0 bridgehead atoms. The van der Waals surface area contributed by atoms with E-state index in [0.29, 0.717) is 17.9 Å². The normalized spacial score (nSPS) is 19.1. The molecule has 0 spiro atoms. The predicted octanol–water partition coefficient (Wildman–Crippen LogP) is 2.61. The average molecular weight is 400 g/mol. The Morgan fingerprint density at radius 2 is 1.83 bits per heavy atom. The molecule has 1 aliphatic heterocycles. The van der Waals surface area contributed by atoms with Gasteiger partial charge in [-0.2, -0.15) is 0 Å². The maximum Gasteiger partial charge on any atom is 0.254 e. The summed E-state index contributed by atoms with van der Waals surface area (Å²) in [5.41, 5.74) is 6.83. The van der Waals surface area contributed by atoms with E-state index < -0.39 is 11.5 Å². The summed E-state index contributed by atoms with van der Waals surface area (Å²) in [7, 11) is 0. The second kappa shape index (κ2) is 8.61. The smallest absolute Gasteiger partial charge is 0.254 e. The van der Waals surface area contributed by atoms with Crippen LogP contribution in [0.1, 0.15) is 27.9 Å². The molecular formula is C22H25FN2O4. The third-order valence-corrected chi connectivity index (χ3v) is 5.04. The number of hydrogen-bond donors (Lipinski definition) is 1. The van der Waals surface area contributed by atoms with Gasteiger partial charge in [0.2, 0.25) is 5.91 Å². The van der Waals surface area contributed by atoms with Crippen molar-refractivity contribution in [1.29, 1.82) is 0 Å². The molecule has 1 fully saturated rings. The number of hydrogen-bond acceptors (Lipinski definition) is 4. The molecule has 1 heterocycles. The largest absolute Gasteiger partial charge is 0.490 e. The third kappa shape index (κ3) is 4.92. The fourth-order valence-electron chi connectivity index (χ4n) is 3.64. The lowest BCUT2D eigenvalue weighted by molar-refractivity contribution is -0.142. The van der Waals surface area contributed by atoms with Crippen LogP contribution >= 0.6 is 0 Å². The molecule has 0 saturated carbocycles. The Morgan fingerprint density at radius 3 is 2.45 bits per heavy atom. The summed E-state index contributed by atoms with van der Waals surface area (Å²) in [6.45, 7) is 4.65. The Kier molecular flexibility index (Phi) is 6.17. The van der Waals surface area contributed by atoms with Gasteiger partial charge in [-0.05, 0) is 49.2 Å². The lowest BCUT2D eigenvalue weighted by Crippen LogP contribution is -2.58. The van der Waals surface area contributed by atoms with Crippen molar-refractivity contribution < 1.29 is 23.5 Å². The summed E-state index contributed by atoms with van der Waals surface area (Å²) in [4.78, 5) is 26.6. The van der Waals surface area contributed by atoms with Crippen LogP contribution in [0.4, 0.5) is 4.39 Å². The highest BCUT2D eigenvalue weighted by Crippen LogP contribution is 2.26. The minimum absolute atomic E-state index is 0.0120. The molecule has 1 saturated heterocycles. The number of primary amides is 1. The highest BCUT2D eigenvalue weighted by atomic mass is 19.1. The Labute approximate surface area is 169 Å². The number of nitrogens with two attached hydrogens (primary N) is 1. The van der Waals surface area contributed by atoms with Gasteiger partial charge in [-0.25, -0.2) is 4.39 Å². The number of morpholine rings is 1. The molecule has 0 unspecified atom stereocenters. The van der Waals surface area contributed by atoms with Crippen LogP contribution < -0.4 is 10.5 Å². The molecule has 29 heavy (non-hydrogen) atoms. The molecule has 6 nitrogen and oxygen atoms in total. The van der Waals surface area contributed by atoms with E-state index in [1.54, 1.807) is 4.90 Å². The number of amides is 2. The quantitative estimate of drug-likeness (QED) is 0.808. The second-order valence-electron chi connectivity index (χ2n) is 7.41. The average Bonchev–Trinajstić information content (AvgIpc) is 2.67. The fraction of sp³-hybridized carbons (Fsp3) is 0.364. The van der Waals surface area contributed by atoms with Crippen LogP contribution in [0.15, 0.2) is 42.5 Å². The fourth-order valence-corrected chi connectivity index (χ4v) is 3.64. The van der Waals surface area contributed by atoms with E-state index in [-0.39, 0.29) is 37.9 Å². The second-order valence-corrected chi connectivity index (χ2v) is 7.41. The molecule has 0 aliphatic carbocycles. The highest BCUT2D eigenvalue weighted by molar-refractivity contribution is 5.97. The van der Waals surface area contributed by atoms with E-state index in [4.69, 9.17) is 15.2 Å². The van der Waals surface area contributed by atoms with Crippen LogP contribution in [0.25, 0.3) is 0 Å². The SMILES string of the molecule is Cc1cccc(C)c1C(=O)N1CCO[C@](COc2ccc(F)cc2)(CC(N)=O)C1. The predicted molar refractivity (Wildman–Crippen MR) is 106 cm³/mol. The number of benzene rings is 2. The number of nitrogens with zero attached hydrogens (tertiary/aromatic N) is 1. The molecule has 154 valence electrons. The standard InChI is InChI=1S/C22H25FN2O4/c1-15-4-3-5-16(2)20(15)21(27)25-10-11-29-22(13-25,12-19(24)26)14-28-18-8-6-17(23)7-9-18/h3-9H,10-14H2,1-2H3,(H2,24,26)/t22-/m1/s1. The Bertz CT molecular complexity index is 880. The first kappa shape index (κ1) is 20.8. The van der Waals surface area contributed by atoms with Gasteiger partial charge in [-0.1, -0.05) is 18.2 Å². The highest BCUT2D eigenvalue weighted by Gasteiger charge is 2.41. The van der Waals surface area contributed by atoms with Gasteiger partial charge in [0.25, 0.3) is 5.91 Å².